The molecule has 28 heavy (non-hydrogen) atoms. The van der Waals surface area contributed by atoms with Gasteiger partial charge in [-0.2, -0.15) is 0 Å². The predicted octanol–water partition coefficient (Wildman–Crippen LogP) is 4.55. The number of carbonyl (C=O) groups excluding carboxylic acids is 1. The van der Waals surface area contributed by atoms with E-state index >= 15 is 0 Å². The second-order valence-corrected chi connectivity index (χ2v) is 7.87. The van der Waals surface area contributed by atoms with Crippen molar-refractivity contribution in [1.82, 2.24) is 20.1 Å². The minimum absolute atomic E-state index is 0.00599. The normalized spacial score (nSPS) is 12.0. The van der Waals surface area contributed by atoms with Gasteiger partial charge in [0.2, 0.25) is 5.91 Å². The minimum Gasteiger partial charge on any atom is -0.349 e. The first-order chi connectivity index (χ1) is 13.5. The lowest BCUT2D eigenvalue weighted by molar-refractivity contribution is -0.119. The van der Waals surface area contributed by atoms with Crippen LogP contribution in [0.2, 0.25) is 0 Å². The van der Waals surface area contributed by atoms with E-state index in [0.717, 1.165) is 28.7 Å². The van der Waals surface area contributed by atoms with Crippen LogP contribution in [0.25, 0.3) is 5.69 Å². The van der Waals surface area contributed by atoms with Gasteiger partial charge in [0.25, 0.3) is 0 Å². The fraction of sp³-hybridized carbons (Fsp3) is 0.318. The number of hydrogen-bond acceptors (Lipinski definition) is 4. The SMILES string of the molecule is CC[C@H](NC(=O)CSc1nnc(C)n1-c1ccc(C)cc1)c1ccc(C)cc1. The Bertz CT molecular complexity index is 932. The van der Waals surface area contributed by atoms with Gasteiger partial charge >= 0.3 is 0 Å². The highest BCUT2D eigenvalue weighted by Crippen LogP contribution is 2.23. The summed E-state index contributed by atoms with van der Waals surface area (Å²) in [5.74, 6) is 1.10. The molecule has 6 heteroatoms. The number of rotatable bonds is 7. The van der Waals surface area contributed by atoms with Gasteiger partial charge in [-0.15, -0.1) is 10.2 Å². The Morgan fingerprint density at radius 1 is 1.00 bits per heavy atom. The quantitative estimate of drug-likeness (QED) is 0.597. The van der Waals surface area contributed by atoms with Crippen molar-refractivity contribution in [2.45, 2.75) is 45.3 Å². The third-order valence-electron chi connectivity index (χ3n) is 4.64. The largest absolute Gasteiger partial charge is 0.349 e. The fourth-order valence-electron chi connectivity index (χ4n) is 3.01. The average Bonchev–Trinajstić information content (AvgIpc) is 3.06. The highest BCUT2D eigenvalue weighted by atomic mass is 32.2. The number of carbonyl (C=O) groups is 1. The zero-order chi connectivity index (χ0) is 20.1. The van der Waals surface area contributed by atoms with Gasteiger partial charge in [0.05, 0.1) is 11.8 Å². The maximum atomic E-state index is 12.5. The van der Waals surface area contributed by atoms with Crippen molar-refractivity contribution in [3.05, 3.63) is 71.0 Å². The van der Waals surface area contributed by atoms with E-state index in [4.69, 9.17) is 0 Å². The molecule has 0 unspecified atom stereocenters. The maximum absolute atomic E-state index is 12.5. The number of aromatic nitrogens is 3. The second kappa shape index (κ2) is 9.06. The summed E-state index contributed by atoms with van der Waals surface area (Å²) in [6, 6.07) is 16.5. The number of thioether (sulfide) groups is 1. The number of amides is 1. The van der Waals surface area contributed by atoms with Gasteiger partial charge < -0.3 is 5.32 Å². The van der Waals surface area contributed by atoms with Gasteiger partial charge in [0.1, 0.15) is 5.82 Å². The fourth-order valence-corrected chi connectivity index (χ4v) is 3.82. The van der Waals surface area contributed by atoms with Gasteiger partial charge in [-0.25, -0.2) is 0 Å². The van der Waals surface area contributed by atoms with Crippen LogP contribution < -0.4 is 5.32 Å². The molecule has 146 valence electrons. The first-order valence-corrected chi connectivity index (χ1v) is 10.4. The lowest BCUT2D eigenvalue weighted by Gasteiger charge is -2.17. The van der Waals surface area contributed by atoms with E-state index in [1.807, 2.05) is 23.6 Å². The molecule has 5 nitrogen and oxygen atoms in total. The molecule has 1 atom stereocenters. The lowest BCUT2D eigenvalue weighted by atomic mass is 10.0. The Hall–Kier alpha value is -2.60. The maximum Gasteiger partial charge on any atom is 0.230 e. The Kier molecular flexibility index (Phi) is 6.52. The van der Waals surface area contributed by atoms with E-state index in [9.17, 15) is 4.79 Å². The molecule has 0 saturated heterocycles. The molecule has 2 aromatic carbocycles. The van der Waals surface area contributed by atoms with E-state index in [2.05, 4.69) is 72.7 Å². The molecule has 3 aromatic rings. The molecule has 1 amide bonds. The summed E-state index contributed by atoms with van der Waals surface area (Å²) >= 11 is 1.40. The minimum atomic E-state index is -0.00599. The standard InChI is InChI=1S/C22H26N4OS/c1-5-20(18-10-6-15(2)7-11-18)23-21(27)14-28-22-25-24-17(4)26(22)19-12-8-16(3)9-13-19/h6-13,20H,5,14H2,1-4H3,(H,23,27)/t20-/m0/s1. The molecule has 3 rings (SSSR count). The van der Waals surface area contributed by atoms with E-state index in [1.54, 1.807) is 0 Å². The molecule has 1 heterocycles. The van der Waals surface area contributed by atoms with Crippen LogP contribution >= 0.6 is 11.8 Å². The first-order valence-electron chi connectivity index (χ1n) is 9.45. The van der Waals surface area contributed by atoms with Crippen LogP contribution in [-0.4, -0.2) is 26.4 Å². The summed E-state index contributed by atoms with van der Waals surface area (Å²) in [4.78, 5) is 12.5. The molecule has 0 aliphatic carbocycles. The Morgan fingerprint density at radius 2 is 1.61 bits per heavy atom. The van der Waals surface area contributed by atoms with Gasteiger partial charge in [0, 0.05) is 5.69 Å². The molecule has 0 fully saturated rings. The van der Waals surface area contributed by atoms with Crippen molar-refractivity contribution in [3.63, 3.8) is 0 Å². The second-order valence-electron chi connectivity index (χ2n) is 6.93. The smallest absolute Gasteiger partial charge is 0.230 e. The topological polar surface area (TPSA) is 59.8 Å². The number of nitrogens with one attached hydrogen (secondary N) is 1. The molecular weight excluding hydrogens is 368 g/mol. The Balaban J connectivity index is 1.66. The van der Waals surface area contributed by atoms with Crippen LogP contribution in [0.4, 0.5) is 0 Å². The van der Waals surface area contributed by atoms with Crippen LogP contribution in [0.1, 0.15) is 41.9 Å². The molecule has 0 radical (unpaired) electrons. The van der Waals surface area contributed by atoms with Crippen LogP contribution in [0.3, 0.4) is 0 Å². The summed E-state index contributed by atoms with van der Waals surface area (Å²) in [7, 11) is 0. The predicted molar refractivity (Wildman–Crippen MR) is 114 cm³/mol. The van der Waals surface area contributed by atoms with Crippen LogP contribution in [0.5, 0.6) is 0 Å². The Labute approximate surface area is 170 Å². The molecule has 1 aromatic heterocycles. The Morgan fingerprint density at radius 3 is 2.21 bits per heavy atom. The van der Waals surface area contributed by atoms with Gasteiger partial charge in [-0.1, -0.05) is 66.2 Å². The molecule has 0 aliphatic rings. The first kappa shape index (κ1) is 20.1. The van der Waals surface area contributed by atoms with E-state index < -0.39 is 0 Å². The number of benzene rings is 2. The van der Waals surface area contributed by atoms with Crippen molar-refractivity contribution in [3.8, 4) is 5.69 Å². The zero-order valence-corrected chi connectivity index (χ0v) is 17.6. The van der Waals surface area contributed by atoms with Crippen LogP contribution in [0.15, 0.2) is 53.7 Å². The van der Waals surface area contributed by atoms with Crippen LogP contribution in [0, 0.1) is 20.8 Å². The lowest BCUT2D eigenvalue weighted by Crippen LogP contribution is -2.29. The van der Waals surface area contributed by atoms with Crippen molar-refractivity contribution in [2.24, 2.45) is 0 Å². The van der Waals surface area contributed by atoms with Crippen molar-refractivity contribution in [1.29, 1.82) is 0 Å². The van der Waals surface area contributed by atoms with E-state index in [1.165, 1.54) is 22.9 Å². The van der Waals surface area contributed by atoms with Gasteiger partial charge in [-0.3, -0.25) is 9.36 Å². The van der Waals surface area contributed by atoms with Crippen molar-refractivity contribution in [2.75, 3.05) is 5.75 Å². The number of nitrogens with zero attached hydrogens (tertiary/aromatic N) is 3. The molecule has 0 saturated carbocycles. The van der Waals surface area contributed by atoms with Gasteiger partial charge in [-0.05, 0) is 44.9 Å². The van der Waals surface area contributed by atoms with Crippen molar-refractivity contribution < 1.29 is 4.79 Å². The summed E-state index contributed by atoms with van der Waals surface area (Å²) < 4.78 is 1.98. The van der Waals surface area contributed by atoms with Gasteiger partial charge in [0.15, 0.2) is 5.16 Å². The highest BCUT2D eigenvalue weighted by molar-refractivity contribution is 7.99. The molecule has 0 aliphatic heterocycles. The zero-order valence-electron chi connectivity index (χ0n) is 16.8. The monoisotopic (exact) mass is 394 g/mol. The summed E-state index contributed by atoms with van der Waals surface area (Å²) in [5.41, 5.74) is 4.54. The van der Waals surface area contributed by atoms with E-state index in [0.29, 0.717) is 5.75 Å². The molecular formula is C22H26N4OS. The van der Waals surface area contributed by atoms with E-state index in [-0.39, 0.29) is 11.9 Å². The number of hydrogen-bond donors (Lipinski definition) is 1. The molecule has 1 N–H and O–H groups in total. The summed E-state index contributed by atoms with van der Waals surface area (Å²) in [6.45, 7) is 8.12. The third-order valence-corrected chi connectivity index (χ3v) is 5.57. The average molecular weight is 395 g/mol. The highest BCUT2D eigenvalue weighted by Gasteiger charge is 2.16. The van der Waals surface area contributed by atoms with Crippen LogP contribution in [-0.2, 0) is 4.79 Å². The summed E-state index contributed by atoms with van der Waals surface area (Å²) in [6.07, 6.45) is 0.845. The molecule has 0 spiro atoms. The summed E-state index contributed by atoms with van der Waals surface area (Å²) in [5, 5.41) is 12.3. The number of aryl methyl sites for hydroxylation is 3. The van der Waals surface area contributed by atoms with Crippen molar-refractivity contribution >= 4 is 17.7 Å². The third kappa shape index (κ3) is 4.81. The molecule has 0 bridgehead atoms.